The van der Waals surface area contributed by atoms with Gasteiger partial charge in [0.15, 0.2) is 5.65 Å². The molecule has 2 heterocycles. The van der Waals surface area contributed by atoms with E-state index in [1.165, 1.54) is 62.5 Å². The molecule has 1 N–H and O–H groups in total. The lowest BCUT2D eigenvalue weighted by molar-refractivity contribution is -0.384. The molecule has 2 aromatic heterocycles. The van der Waals surface area contributed by atoms with Crippen LogP contribution in [0.15, 0.2) is 70.7 Å². The standard InChI is InChI=1S/C25H27N7O6S/c1-3-30(4-2)39(37,38)21-10-8-19(9-11-21)24(33)26-12-13-31-23-22(15-28-31)25(34)29(17-27-23)16-18-6-5-7-20(14-18)32(35)36/h5-11,14-15,17H,3-4,12-13,16H2,1-2H3,(H,26,33). The zero-order valence-corrected chi connectivity index (χ0v) is 22.2. The number of sulfonamides is 1. The molecule has 1 amide bonds. The Morgan fingerprint density at radius 3 is 2.51 bits per heavy atom. The summed E-state index contributed by atoms with van der Waals surface area (Å²) in [6.45, 7) is 4.76. The smallest absolute Gasteiger partial charge is 0.269 e. The number of rotatable bonds is 11. The summed E-state index contributed by atoms with van der Waals surface area (Å²) >= 11 is 0. The van der Waals surface area contributed by atoms with E-state index in [0.29, 0.717) is 29.9 Å². The summed E-state index contributed by atoms with van der Waals surface area (Å²) in [7, 11) is -3.61. The fraction of sp³-hybridized carbons (Fsp3) is 0.280. The van der Waals surface area contributed by atoms with E-state index in [4.69, 9.17) is 0 Å². The number of nitro benzene ring substituents is 1. The van der Waals surface area contributed by atoms with Crippen LogP contribution in [-0.2, 0) is 23.1 Å². The van der Waals surface area contributed by atoms with Crippen molar-refractivity contribution >= 4 is 32.7 Å². The number of amides is 1. The molecule has 13 nitrogen and oxygen atoms in total. The Labute approximate surface area is 223 Å². The largest absolute Gasteiger partial charge is 0.350 e. The van der Waals surface area contributed by atoms with Crippen molar-refractivity contribution in [3.63, 3.8) is 0 Å². The Morgan fingerprint density at radius 1 is 1.13 bits per heavy atom. The molecular weight excluding hydrogens is 526 g/mol. The first kappa shape index (κ1) is 27.6. The first-order valence-corrected chi connectivity index (χ1v) is 13.6. The summed E-state index contributed by atoms with van der Waals surface area (Å²) in [6, 6.07) is 11.8. The van der Waals surface area contributed by atoms with E-state index < -0.39 is 14.9 Å². The first-order valence-electron chi connectivity index (χ1n) is 12.2. The second kappa shape index (κ2) is 11.5. The fourth-order valence-corrected chi connectivity index (χ4v) is 5.57. The number of non-ortho nitro benzene ring substituents is 1. The molecule has 0 bridgehead atoms. The molecule has 2 aromatic carbocycles. The first-order chi connectivity index (χ1) is 18.6. The van der Waals surface area contributed by atoms with Gasteiger partial charge in [-0.3, -0.25) is 24.3 Å². The summed E-state index contributed by atoms with van der Waals surface area (Å²) in [5, 5.41) is 18.3. The van der Waals surface area contributed by atoms with Crippen molar-refractivity contribution in [1.29, 1.82) is 0 Å². The van der Waals surface area contributed by atoms with Crippen LogP contribution in [0.5, 0.6) is 0 Å². The van der Waals surface area contributed by atoms with Crippen LogP contribution in [0.25, 0.3) is 11.0 Å². The van der Waals surface area contributed by atoms with Gasteiger partial charge < -0.3 is 5.32 Å². The molecule has 0 saturated heterocycles. The van der Waals surface area contributed by atoms with Crippen molar-refractivity contribution in [3.8, 4) is 0 Å². The lowest BCUT2D eigenvalue weighted by Gasteiger charge is -2.18. The summed E-state index contributed by atoms with van der Waals surface area (Å²) in [5.41, 5.74) is 0.823. The Bertz CT molecular complexity index is 1680. The van der Waals surface area contributed by atoms with E-state index in [-0.39, 0.29) is 47.1 Å². The minimum atomic E-state index is -3.61. The van der Waals surface area contributed by atoms with Crippen LogP contribution in [0.2, 0.25) is 0 Å². The molecule has 4 rings (SSSR count). The maximum atomic E-state index is 12.9. The molecule has 0 spiro atoms. The molecule has 4 aromatic rings. The third kappa shape index (κ3) is 5.86. The van der Waals surface area contributed by atoms with Crippen LogP contribution in [0.4, 0.5) is 5.69 Å². The maximum Gasteiger partial charge on any atom is 0.269 e. The minimum Gasteiger partial charge on any atom is -0.350 e. The van der Waals surface area contributed by atoms with Crippen LogP contribution >= 0.6 is 0 Å². The molecule has 0 radical (unpaired) electrons. The number of fused-ring (bicyclic) bond motifs is 1. The average Bonchev–Trinajstić information content (AvgIpc) is 3.34. The zero-order chi connectivity index (χ0) is 28.2. The van der Waals surface area contributed by atoms with E-state index in [0.717, 1.165) is 0 Å². The lowest BCUT2D eigenvalue weighted by Crippen LogP contribution is -2.31. The summed E-state index contributed by atoms with van der Waals surface area (Å²) in [5.74, 6) is -0.384. The number of nitrogens with one attached hydrogen (secondary N) is 1. The number of nitro groups is 1. The molecule has 0 saturated carbocycles. The molecule has 0 aliphatic heterocycles. The molecule has 0 aliphatic carbocycles. The third-order valence-corrected chi connectivity index (χ3v) is 8.23. The number of hydrogen-bond acceptors (Lipinski definition) is 8. The van der Waals surface area contributed by atoms with Gasteiger partial charge in [0, 0.05) is 37.3 Å². The predicted molar refractivity (Wildman–Crippen MR) is 143 cm³/mol. The van der Waals surface area contributed by atoms with Crippen molar-refractivity contribution in [2.24, 2.45) is 0 Å². The van der Waals surface area contributed by atoms with Gasteiger partial charge in [-0.1, -0.05) is 26.0 Å². The molecule has 0 unspecified atom stereocenters. The predicted octanol–water partition coefficient (Wildman–Crippen LogP) is 2.01. The normalized spacial score (nSPS) is 11.7. The Kier molecular flexibility index (Phi) is 8.16. The molecule has 0 aliphatic rings. The highest BCUT2D eigenvalue weighted by atomic mass is 32.2. The highest BCUT2D eigenvalue weighted by molar-refractivity contribution is 7.89. The number of nitrogens with zero attached hydrogens (tertiary/aromatic N) is 6. The molecule has 0 fully saturated rings. The van der Waals surface area contributed by atoms with Crippen LogP contribution in [0.1, 0.15) is 29.8 Å². The third-order valence-electron chi connectivity index (χ3n) is 6.17. The van der Waals surface area contributed by atoms with Gasteiger partial charge in [-0.25, -0.2) is 18.1 Å². The summed E-state index contributed by atoms with van der Waals surface area (Å²) in [4.78, 5) is 40.5. The molecule has 14 heteroatoms. The van der Waals surface area contributed by atoms with Gasteiger partial charge in [0.05, 0.1) is 29.1 Å². The summed E-state index contributed by atoms with van der Waals surface area (Å²) < 4.78 is 29.4. The second-order valence-corrected chi connectivity index (χ2v) is 10.5. The fourth-order valence-electron chi connectivity index (χ4n) is 4.11. The Hall–Kier alpha value is -4.43. The molecule has 39 heavy (non-hydrogen) atoms. The zero-order valence-electron chi connectivity index (χ0n) is 21.4. The van der Waals surface area contributed by atoms with Crippen molar-refractivity contribution in [2.75, 3.05) is 19.6 Å². The van der Waals surface area contributed by atoms with Crippen LogP contribution < -0.4 is 10.9 Å². The van der Waals surface area contributed by atoms with Crippen molar-refractivity contribution in [3.05, 3.63) is 92.7 Å². The van der Waals surface area contributed by atoms with Gasteiger partial charge >= 0.3 is 0 Å². The SMILES string of the molecule is CCN(CC)S(=O)(=O)c1ccc(C(=O)NCCn2ncc3c(=O)n(Cc4cccc([N+](=O)[O-])c4)cnc32)cc1. The van der Waals surface area contributed by atoms with Crippen LogP contribution in [0.3, 0.4) is 0 Å². The highest BCUT2D eigenvalue weighted by Crippen LogP contribution is 2.17. The number of benzene rings is 2. The number of aromatic nitrogens is 4. The number of carbonyl (C=O) groups excluding carboxylic acids is 1. The molecule has 204 valence electrons. The molecular formula is C25H27N7O6S. The second-order valence-electron chi connectivity index (χ2n) is 8.58. The van der Waals surface area contributed by atoms with Gasteiger partial charge in [-0.05, 0) is 29.8 Å². The van der Waals surface area contributed by atoms with E-state index in [9.17, 15) is 28.1 Å². The van der Waals surface area contributed by atoms with E-state index in [1.54, 1.807) is 26.0 Å². The van der Waals surface area contributed by atoms with Gasteiger partial charge in [0.1, 0.15) is 11.7 Å². The van der Waals surface area contributed by atoms with E-state index in [2.05, 4.69) is 15.4 Å². The minimum absolute atomic E-state index is 0.0648. The lowest BCUT2D eigenvalue weighted by atomic mass is 10.2. The average molecular weight is 554 g/mol. The van der Waals surface area contributed by atoms with Crippen LogP contribution in [0, 0.1) is 10.1 Å². The van der Waals surface area contributed by atoms with Crippen molar-refractivity contribution < 1.29 is 18.1 Å². The van der Waals surface area contributed by atoms with Gasteiger partial charge in [-0.2, -0.15) is 9.40 Å². The quantitative estimate of drug-likeness (QED) is 0.218. The number of carbonyl (C=O) groups is 1. The Morgan fingerprint density at radius 2 is 1.85 bits per heavy atom. The van der Waals surface area contributed by atoms with E-state index >= 15 is 0 Å². The van der Waals surface area contributed by atoms with Gasteiger partial charge in [-0.15, -0.1) is 0 Å². The monoisotopic (exact) mass is 553 g/mol. The van der Waals surface area contributed by atoms with Crippen molar-refractivity contribution in [2.45, 2.75) is 31.8 Å². The Balaban J connectivity index is 1.40. The highest BCUT2D eigenvalue weighted by Gasteiger charge is 2.21. The summed E-state index contributed by atoms with van der Waals surface area (Å²) in [6.07, 6.45) is 2.75. The van der Waals surface area contributed by atoms with Crippen molar-refractivity contribution in [1.82, 2.24) is 29.0 Å². The topological polar surface area (TPSA) is 162 Å². The number of hydrogen-bond donors (Lipinski definition) is 1. The van der Waals surface area contributed by atoms with Gasteiger partial charge in [0.2, 0.25) is 10.0 Å². The van der Waals surface area contributed by atoms with Crippen LogP contribution in [-0.4, -0.2) is 62.5 Å². The van der Waals surface area contributed by atoms with E-state index in [1.807, 2.05) is 0 Å². The molecule has 0 atom stereocenters. The maximum absolute atomic E-state index is 12.9. The van der Waals surface area contributed by atoms with Gasteiger partial charge in [0.25, 0.3) is 17.2 Å².